The molecule has 0 bridgehead atoms. The molecule has 1 unspecified atom stereocenters. The first-order valence-corrected chi connectivity index (χ1v) is 4.96. The van der Waals surface area contributed by atoms with Gasteiger partial charge in [-0.25, -0.2) is 4.39 Å². The molecule has 0 aliphatic heterocycles. The lowest BCUT2D eigenvalue weighted by atomic mass is 10.2. The minimum Gasteiger partial charge on any atom is -0.287 e. The average molecular weight is 227 g/mol. The number of hydrogen-bond acceptors (Lipinski definition) is 2. The third-order valence-electron chi connectivity index (χ3n) is 2.30. The van der Waals surface area contributed by atoms with Crippen molar-refractivity contribution in [2.45, 2.75) is 19.5 Å². The molecule has 0 heterocycles. The molecule has 0 radical (unpaired) electrons. The maximum Gasteiger partial charge on any atom is 0.146 e. The standard InChI is InChI=1S/C11H12ClFN2/c1-8(6-14)15(2)7-9-4-3-5-10(12)11(9)13/h3-5,8H,7H2,1-2H3. The van der Waals surface area contributed by atoms with Gasteiger partial charge in [0.1, 0.15) is 5.82 Å². The van der Waals surface area contributed by atoms with Crippen molar-refractivity contribution in [2.24, 2.45) is 0 Å². The van der Waals surface area contributed by atoms with Crippen LogP contribution in [-0.2, 0) is 6.54 Å². The second-order valence-electron chi connectivity index (χ2n) is 3.43. The van der Waals surface area contributed by atoms with Gasteiger partial charge >= 0.3 is 0 Å². The SMILES string of the molecule is CC(C#N)N(C)Cc1cccc(Cl)c1F. The highest BCUT2D eigenvalue weighted by Gasteiger charge is 2.12. The van der Waals surface area contributed by atoms with Crippen LogP contribution in [0.5, 0.6) is 0 Å². The molecule has 0 aromatic heterocycles. The van der Waals surface area contributed by atoms with Gasteiger partial charge in [-0.15, -0.1) is 0 Å². The first-order chi connectivity index (χ1) is 7.06. The summed E-state index contributed by atoms with van der Waals surface area (Å²) in [5.41, 5.74) is 0.507. The molecule has 0 spiro atoms. The smallest absolute Gasteiger partial charge is 0.146 e. The Hall–Kier alpha value is -1.11. The van der Waals surface area contributed by atoms with Gasteiger partial charge in [-0.1, -0.05) is 23.7 Å². The van der Waals surface area contributed by atoms with Crippen molar-refractivity contribution in [3.63, 3.8) is 0 Å². The molecule has 0 saturated heterocycles. The van der Waals surface area contributed by atoms with Crippen LogP contribution in [0.25, 0.3) is 0 Å². The molecule has 0 aliphatic carbocycles. The summed E-state index contributed by atoms with van der Waals surface area (Å²) in [7, 11) is 1.77. The van der Waals surface area contributed by atoms with Crippen LogP contribution >= 0.6 is 11.6 Å². The quantitative estimate of drug-likeness (QED) is 0.793. The van der Waals surface area contributed by atoms with Crippen LogP contribution in [0.2, 0.25) is 5.02 Å². The minimum absolute atomic E-state index is 0.116. The number of nitriles is 1. The number of benzene rings is 1. The van der Waals surface area contributed by atoms with Crippen molar-refractivity contribution in [3.05, 3.63) is 34.6 Å². The zero-order valence-electron chi connectivity index (χ0n) is 8.67. The van der Waals surface area contributed by atoms with Gasteiger partial charge in [0, 0.05) is 12.1 Å². The molecule has 0 saturated carbocycles. The fourth-order valence-electron chi connectivity index (χ4n) is 1.17. The first-order valence-electron chi connectivity index (χ1n) is 4.59. The Morgan fingerprint density at radius 1 is 1.60 bits per heavy atom. The molecule has 0 N–H and O–H groups in total. The lowest BCUT2D eigenvalue weighted by molar-refractivity contribution is 0.290. The van der Waals surface area contributed by atoms with E-state index in [0.29, 0.717) is 12.1 Å². The summed E-state index contributed by atoms with van der Waals surface area (Å²) < 4.78 is 13.5. The zero-order valence-corrected chi connectivity index (χ0v) is 9.42. The molecule has 0 aliphatic rings. The van der Waals surface area contributed by atoms with Crippen molar-refractivity contribution in [3.8, 4) is 6.07 Å². The van der Waals surface area contributed by atoms with Crippen molar-refractivity contribution in [1.29, 1.82) is 5.26 Å². The Morgan fingerprint density at radius 2 is 2.27 bits per heavy atom. The van der Waals surface area contributed by atoms with Crippen LogP contribution in [0, 0.1) is 17.1 Å². The van der Waals surface area contributed by atoms with Crippen LogP contribution in [0.1, 0.15) is 12.5 Å². The molecule has 1 aromatic rings. The maximum atomic E-state index is 13.5. The number of halogens is 2. The zero-order chi connectivity index (χ0) is 11.4. The first kappa shape index (κ1) is 12.0. The molecule has 2 nitrogen and oxygen atoms in total. The topological polar surface area (TPSA) is 27.0 Å². The van der Waals surface area contributed by atoms with Gasteiger partial charge in [-0.3, -0.25) is 4.90 Å². The Balaban J connectivity index is 2.82. The molecule has 80 valence electrons. The molecule has 1 aromatic carbocycles. The van der Waals surface area contributed by atoms with Crippen LogP contribution in [-0.4, -0.2) is 18.0 Å². The second-order valence-corrected chi connectivity index (χ2v) is 3.84. The largest absolute Gasteiger partial charge is 0.287 e. The number of hydrogen-bond donors (Lipinski definition) is 0. The van der Waals surface area contributed by atoms with Gasteiger partial charge in [0.25, 0.3) is 0 Å². The van der Waals surface area contributed by atoms with Gasteiger partial charge in [0.05, 0.1) is 17.1 Å². The summed E-state index contributed by atoms with van der Waals surface area (Å²) in [5, 5.41) is 8.81. The Labute approximate surface area is 93.9 Å². The van der Waals surface area contributed by atoms with E-state index in [1.165, 1.54) is 6.07 Å². The van der Waals surface area contributed by atoms with Crippen LogP contribution in [0.3, 0.4) is 0 Å². The van der Waals surface area contributed by atoms with E-state index in [9.17, 15) is 4.39 Å². The lowest BCUT2D eigenvalue weighted by Gasteiger charge is -2.19. The van der Waals surface area contributed by atoms with Gasteiger partial charge < -0.3 is 0 Å². The molecule has 0 amide bonds. The van der Waals surface area contributed by atoms with Gasteiger partial charge in [-0.05, 0) is 20.0 Å². The fourth-order valence-corrected chi connectivity index (χ4v) is 1.37. The highest BCUT2D eigenvalue weighted by molar-refractivity contribution is 6.30. The highest BCUT2D eigenvalue weighted by Crippen LogP contribution is 2.19. The van der Waals surface area contributed by atoms with Crippen LogP contribution < -0.4 is 0 Å². The molecule has 4 heteroatoms. The molecular formula is C11H12ClFN2. The van der Waals surface area contributed by atoms with E-state index in [1.54, 1.807) is 31.0 Å². The van der Waals surface area contributed by atoms with Crippen molar-refractivity contribution in [1.82, 2.24) is 4.90 Å². The lowest BCUT2D eigenvalue weighted by Crippen LogP contribution is -2.27. The molecular weight excluding hydrogens is 215 g/mol. The fraction of sp³-hybridized carbons (Fsp3) is 0.364. The van der Waals surface area contributed by atoms with E-state index in [2.05, 4.69) is 6.07 Å². The van der Waals surface area contributed by atoms with Gasteiger partial charge in [0.2, 0.25) is 0 Å². The third kappa shape index (κ3) is 2.92. The molecule has 1 atom stereocenters. The van der Waals surface area contributed by atoms with E-state index < -0.39 is 5.82 Å². The number of rotatable bonds is 3. The van der Waals surface area contributed by atoms with Crippen molar-refractivity contribution in [2.75, 3.05) is 7.05 Å². The van der Waals surface area contributed by atoms with Crippen LogP contribution in [0.15, 0.2) is 18.2 Å². The third-order valence-corrected chi connectivity index (χ3v) is 2.59. The summed E-state index contributed by atoms with van der Waals surface area (Å²) in [5.74, 6) is -0.406. The van der Waals surface area contributed by atoms with Crippen molar-refractivity contribution < 1.29 is 4.39 Å². The van der Waals surface area contributed by atoms with Gasteiger partial charge in [0.15, 0.2) is 0 Å². The van der Waals surface area contributed by atoms with E-state index in [-0.39, 0.29) is 11.1 Å². The predicted molar refractivity (Wildman–Crippen MR) is 58.0 cm³/mol. The van der Waals surface area contributed by atoms with Gasteiger partial charge in [-0.2, -0.15) is 5.26 Å². The maximum absolute atomic E-state index is 13.5. The Morgan fingerprint density at radius 3 is 2.87 bits per heavy atom. The van der Waals surface area contributed by atoms with Crippen molar-refractivity contribution >= 4 is 11.6 Å². The summed E-state index contributed by atoms with van der Waals surface area (Å²) >= 11 is 5.65. The molecule has 15 heavy (non-hydrogen) atoms. The molecule has 0 fully saturated rings. The van der Waals surface area contributed by atoms with E-state index >= 15 is 0 Å². The van der Waals surface area contributed by atoms with E-state index in [1.807, 2.05) is 0 Å². The monoisotopic (exact) mass is 226 g/mol. The number of nitrogens with zero attached hydrogens (tertiary/aromatic N) is 2. The molecule has 1 rings (SSSR count). The van der Waals surface area contributed by atoms with Crippen LogP contribution in [0.4, 0.5) is 4.39 Å². The highest BCUT2D eigenvalue weighted by atomic mass is 35.5. The summed E-state index contributed by atoms with van der Waals surface area (Å²) in [6.07, 6.45) is 0. The summed E-state index contributed by atoms with van der Waals surface area (Å²) in [6.45, 7) is 2.14. The van der Waals surface area contributed by atoms with E-state index in [0.717, 1.165) is 0 Å². The Bertz CT molecular complexity index is 387. The summed E-state index contributed by atoms with van der Waals surface area (Å²) in [6, 6.07) is 6.72. The average Bonchev–Trinajstić information content (AvgIpc) is 2.23. The predicted octanol–water partition coefficient (Wildman–Crippen LogP) is 2.82. The second kappa shape index (κ2) is 5.11. The van der Waals surface area contributed by atoms with E-state index in [4.69, 9.17) is 16.9 Å². The normalized spacial score (nSPS) is 12.5. The minimum atomic E-state index is -0.406. The Kier molecular flexibility index (Phi) is 4.07. The summed E-state index contributed by atoms with van der Waals surface area (Å²) in [4.78, 5) is 1.76.